The van der Waals surface area contributed by atoms with Gasteiger partial charge in [0, 0.05) is 11.5 Å². The van der Waals surface area contributed by atoms with Crippen LogP contribution in [-0.4, -0.2) is 34.9 Å². The smallest absolute Gasteiger partial charge is 0.328 e. The Labute approximate surface area is 149 Å². The molecule has 1 aromatic carbocycles. The maximum absolute atomic E-state index is 12.5. The lowest BCUT2D eigenvalue weighted by Gasteiger charge is -2.33. The predicted molar refractivity (Wildman–Crippen MR) is 87.8 cm³/mol. The molecule has 0 saturated carbocycles. The average Bonchev–Trinajstić information content (AvgIpc) is 2.59. The fourth-order valence-corrected chi connectivity index (χ4v) is 3.32. The van der Waals surface area contributed by atoms with E-state index in [1.807, 2.05) is 10.6 Å². The van der Waals surface area contributed by atoms with Crippen LogP contribution in [0.15, 0.2) is 27.8 Å². The minimum atomic E-state index is -1.44. The van der Waals surface area contributed by atoms with Crippen LogP contribution in [0.3, 0.4) is 0 Å². The maximum atomic E-state index is 12.5. The lowest BCUT2D eigenvalue weighted by Crippen LogP contribution is -2.58. The summed E-state index contributed by atoms with van der Waals surface area (Å²) in [6.45, 7) is 0. The second kappa shape index (κ2) is 5.83. The number of aromatic nitrogens is 2. The molecule has 138 valence electrons. The number of nitrogens with one attached hydrogen (secondary N) is 4. The highest BCUT2D eigenvalue weighted by atomic mass is 16.5. The standard InChI is InChI=1S/C16H12N4O7/c1-26-6-4-2-3-5-7(8-11(21)17-15(24)18-12(8)22)9-13(23)19-16(25)20-14(9)27-10(5)6/h2-4,7-8H,1H3,(H2,19,20,23,25)(H2,17,18,21,22,24). The number of barbiturate groups is 1. The molecule has 2 aromatic rings. The summed E-state index contributed by atoms with van der Waals surface area (Å²) in [7, 11) is 1.39. The summed E-state index contributed by atoms with van der Waals surface area (Å²) in [6, 6.07) is 3.79. The number of rotatable bonds is 2. The van der Waals surface area contributed by atoms with Crippen molar-refractivity contribution in [2.45, 2.75) is 5.92 Å². The average molecular weight is 372 g/mol. The van der Waals surface area contributed by atoms with Crippen LogP contribution in [0.1, 0.15) is 17.0 Å². The zero-order valence-corrected chi connectivity index (χ0v) is 13.7. The molecule has 1 fully saturated rings. The van der Waals surface area contributed by atoms with Crippen LogP contribution < -0.4 is 31.4 Å². The van der Waals surface area contributed by atoms with E-state index >= 15 is 0 Å². The highest BCUT2D eigenvalue weighted by Crippen LogP contribution is 2.49. The van der Waals surface area contributed by atoms with Gasteiger partial charge in [-0.3, -0.25) is 35.0 Å². The first-order valence-electron chi connectivity index (χ1n) is 7.77. The first kappa shape index (κ1) is 16.6. The summed E-state index contributed by atoms with van der Waals surface area (Å²) in [5.41, 5.74) is -1.42. The van der Waals surface area contributed by atoms with Gasteiger partial charge in [-0.2, -0.15) is 0 Å². The van der Waals surface area contributed by atoms with Crippen LogP contribution in [0.25, 0.3) is 0 Å². The van der Waals surface area contributed by atoms with Crippen molar-refractivity contribution >= 4 is 17.8 Å². The summed E-state index contributed by atoms with van der Waals surface area (Å²) in [6.07, 6.45) is 0. The molecule has 11 heteroatoms. The second-order valence-electron chi connectivity index (χ2n) is 5.89. The lowest BCUT2D eigenvalue weighted by atomic mass is 9.78. The van der Waals surface area contributed by atoms with Crippen molar-refractivity contribution in [3.05, 3.63) is 50.2 Å². The Kier molecular flexibility index (Phi) is 3.58. The zero-order valence-electron chi connectivity index (χ0n) is 13.7. The topological polar surface area (TPSA) is 159 Å². The molecule has 4 rings (SSSR count). The molecule has 0 radical (unpaired) electrons. The fraction of sp³-hybridized carbons (Fsp3) is 0.188. The van der Waals surface area contributed by atoms with E-state index in [0.29, 0.717) is 5.56 Å². The molecule has 1 saturated heterocycles. The van der Waals surface area contributed by atoms with Crippen molar-refractivity contribution in [3.63, 3.8) is 0 Å². The fourth-order valence-electron chi connectivity index (χ4n) is 3.32. The highest BCUT2D eigenvalue weighted by Gasteiger charge is 2.47. The second-order valence-corrected chi connectivity index (χ2v) is 5.89. The molecule has 0 spiro atoms. The van der Waals surface area contributed by atoms with E-state index in [2.05, 4.69) is 9.97 Å². The number of fused-ring (bicyclic) bond motifs is 2. The third-order valence-corrected chi connectivity index (χ3v) is 4.39. The number of carbonyl (C=O) groups is 3. The number of imide groups is 2. The van der Waals surface area contributed by atoms with Crippen LogP contribution in [0.2, 0.25) is 0 Å². The number of ether oxygens (including phenoxy) is 2. The largest absolute Gasteiger partial charge is 0.493 e. The van der Waals surface area contributed by atoms with Crippen LogP contribution in [0, 0.1) is 5.92 Å². The first-order valence-corrected chi connectivity index (χ1v) is 7.77. The molecule has 4 N–H and O–H groups in total. The minimum Gasteiger partial charge on any atom is -0.493 e. The van der Waals surface area contributed by atoms with Crippen molar-refractivity contribution in [3.8, 4) is 17.4 Å². The molecule has 3 heterocycles. The quantitative estimate of drug-likeness (QED) is 0.507. The molecule has 2 aliphatic heterocycles. The van der Waals surface area contributed by atoms with Gasteiger partial charge in [-0.15, -0.1) is 0 Å². The highest BCUT2D eigenvalue weighted by molar-refractivity contribution is 6.17. The molecule has 4 amide bonds. The molecule has 1 aromatic heterocycles. The Bertz CT molecular complexity index is 1100. The SMILES string of the molecule is COc1cccc2c1Oc1[nH]c(=O)[nH]c(=O)c1C2C1C(=O)NC(=O)NC1=O. The third kappa shape index (κ3) is 2.47. The first-order chi connectivity index (χ1) is 12.9. The van der Waals surface area contributed by atoms with Gasteiger partial charge in [0.1, 0.15) is 5.92 Å². The van der Waals surface area contributed by atoms with Gasteiger partial charge >= 0.3 is 11.7 Å². The molecule has 11 nitrogen and oxygen atoms in total. The Morgan fingerprint density at radius 2 is 1.67 bits per heavy atom. The van der Waals surface area contributed by atoms with Crippen molar-refractivity contribution < 1.29 is 23.9 Å². The van der Waals surface area contributed by atoms with Gasteiger partial charge < -0.3 is 9.47 Å². The van der Waals surface area contributed by atoms with E-state index in [0.717, 1.165) is 0 Å². The van der Waals surface area contributed by atoms with Crippen LogP contribution in [0.5, 0.6) is 17.4 Å². The summed E-state index contributed by atoms with van der Waals surface area (Å²) in [5.74, 6) is -4.09. The minimum absolute atomic E-state index is 0.111. The van der Waals surface area contributed by atoms with Gasteiger partial charge in [0.05, 0.1) is 12.7 Å². The number of amides is 4. The summed E-state index contributed by atoms with van der Waals surface area (Å²) in [5, 5.41) is 4.02. The van der Waals surface area contributed by atoms with Crippen molar-refractivity contribution in [2.75, 3.05) is 7.11 Å². The molecule has 0 aliphatic carbocycles. The van der Waals surface area contributed by atoms with E-state index in [1.165, 1.54) is 7.11 Å². The van der Waals surface area contributed by atoms with Gasteiger partial charge in [0.15, 0.2) is 11.5 Å². The Morgan fingerprint density at radius 1 is 0.963 bits per heavy atom. The maximum Gasteiger partial charge on any atom is 0.328 e. The number of aromatic amines is 2. The summed E-state index contributed by atoms with van der Waals surface area (Å²) < 4.78 is 10.9. The third-order valence-electron chi connectivity index (χ3n) is 4.39. The van der Waals surface area contributed by atoms with Crippen LogP contribution in [0.4, 0.5) is 4.79 Å². The van der Waals surface area contributed by atoms with Gasteiger partial charge in [0.2, 0.25) is 17.7 Å². The molecular formula is C16H12N4O7. The number of hydrogen-bond acceptors (Lipinski definition) is 7. The number of urea groups is 1. The van der Waals surface area contributed by atoms with E-state index in [9.17, 15) is 24.0 Å². The van der Waals surface area contributed by atoms with E-state index in [-0.39, 0.29) is 22.9 Å². The number of H-pyrrole nitrogens is 2. The van der Waals surface area contributed by atoms with Crippen molar-refractivity contribution in [1.29, 1.82) is 0 Å². The number of benzene rings is 1. The molecule has 27 heavy (non-hydrogen) atoms. The van der Waals surface area contributed by atoms with E-state index in [4.69, 9.17) is 9.47 Å². The molecular weight excluding hydrogens is 360 g/mol. The summed E-state index contributed by atoms with van der Waals surface area (Å²) in [4.78, 5) is 64.8. The molecule has 2 aliphatic rings. The van der Waals surface area contributed by atoms with Crippen molar-refractivity contribution in [2.24, 2.45) is 5.92 Å². The Hall–Kier alpha value is -3.89. The summed E-state index contributed by atoms with van der Waals surface area (Å²) >= 11 is 0. The molecule has 0 bridgehead atoms. The van der Waals surface area contributed by atoms with Gasteiger partial charge in [-0.1, -0.05) is 12.1 Å². The lowest BCUT2D eigenvalue weighted by molar-refractivity contribution is -0.136. The number of methoxy groups -OCH3 is 1. The van der Waals surface area contributed by atoms with Crippen molar-refractivity contribution in [1.82, 2.24) is 20.6 Å². The van der Waals surface area contributed by atoms with Gasteiger partial charge in [0.25, 0.3) is 5.56 Å². The number of hydrogen-bond donors (Lipinski definition) is 4. The van der Waals surface area contributed by atoms with Gasteiger partial charge in [-0.25, -0.2) is 9.59 Å². The number of para-hydroxylation sites is 1. The molecule has 1 unspecified atom stereocenters. The Balaban J connectivity index is 2.00. The predicted octanol–water partition coefficient (Wildman–Crippen LogP) is -0.708. The normalized spacial score (nSPS) is 18.7. The molecule has 1 atom stereocenters. The van der Waals surface area contributed by atoms with Crippen LogP contribution >= 0.6 is 0 Å². The van der Waals surface area contributed by atoms with E-state index < -0.39 is 40.9 Å². The van der Waals surface area contributed by atoms with Crippen LogP contribution in [-0.2, 0) is 9.59 Å². The monoisotopic (exact) mass is 372 g/mol. The zero-order chi connectivity index (χ0) is 19.3. The van der Waals surface area contributed by atoms with Gasteiger partial charge in [-0.05, 0) is 6.07 Å². The number of carbonyl (C=O) groups excluding carboxylic acids is 3. The Morgan fingerprint density at radius 3 is 2.33 bits per heavy atom. The van der Waals surface area contributed by atoms with E-state index in [1.54, 1.807) is 18.2 Å².